The summed E-state index contributed by atoms with van der Waals surface area (Å²) in [7, 11) is 1.78. The number of ether oxygens (including phenoxy) is 1. The predicted molar refractivity (Wildman–Crippen MR) is 54.3 cm³/mol. The normalized spacial score (nSPS) is 18.8. The minimum Gasteiger partial charge on any atom is -0.384 e. The molecule has 0 rings (SSSR count). The monoisotopic (exact) mass is 172 g/mol. The highest BCUT2D eigenvalue weighted by molar-refractivity contribution is 4.64. The lowest BCUT2D eigenvalue weighted by Gasteiger charge is -2.21. The van der Waals surface area contributed by atoms with Gasteiger partial charge < -0.3 is 4.74 Å². The fraction of sp³-hybridized carbons (Fsp3) is 1.00. The second-order valence-corrected chi connectivity index (χ2v) is 4.16. The molecule has 1 heteroatoms. The van der Waals surface area contributed by atoms with Crippen molar-refractivity contribution >= 4 is 0 Å². The molecule has 12 heavy (non-hydrogen) atoms. The maximum absolute atomic E-state index is 5.12. The Morgan fingerprint density at radius 3 is 2.08 bits per heavy atom. The lowest BCUT2D eigenvalue weighted by atomic mass is 9.86. The summed E-state index contributed by atoms with van der Waals surface area (Å²) in [4.78, 5) is 0. The number of hydrogen-bond acceptors (Lipinski definition) is 1. The van der Waals surface area contributed by atoms with Crippen LogP contribution in [0.5, 0.6) is 0 Å². The van der Waals surface area contributed by atoms with E-state index in [0.717, 1.165) is 18.4 Å². The molecule has 3 atom stereocenters. The molecule has 0 heterocycles. The van der Waals surface area contributed by atoms with E-state index < -0.39 is 0 Å². The SMILES string of the molecule is CCC(C)C(C)CC(C)COC. The molecule has 0 N–H and O–H groups in total. The third-order valence-corrected chi connectivity index (χ3v) is 2.84. The molecule has 0 saturated carbocycles. The maximum atomic E-state index is 5.12. The summed E-state index contributed by atoms with van der Waals surface area (Å²) in [6.07, 6.45) is 2.59. The molecule has 0 bridgehead atoms. The molecule has 3 unspecified atom stereocenters. The first kappa shape index (κ1) is 12.0. The Labute approximate surface area is 77.5 Å². The van der Waals surface area contributed by atoms with E-state index in [0.29, 0.717) is 5.92 Å². The van der Waals surface area contributed by atoms with Gasteiger partial charge in [-0.2, -0.15) is 0 Å². The third kappa shape index (κ3) is 4.76. The van der Waals surface area contributed by atoms with Gasteiger partial charge in [0.25, 0.3) is 0 Å². The van der Waals surface area contributed by atoms with Crippen molar-refractivity contribution in [1.29, 1.82) is 0 Å². The van der Waals surface area contributed by atoms with E-state index in [4.69, 9.17) is 4.74 Å². The molecule has 0 aromatic heterocycles. The number of hydrogen-bond donors (Lipinski definition) is 0. The van der Waals surface area contributed by atoms with Crippen LogP contribution >= 0.6 is 0 Å². The van der Waals surface area contributed by atoms with Gasteiger partial charge in [-0.25, -0.2) is 0 Å². The van der Waals surface area contributed by atoms with Crippen LogP contribution in [0.3, 0.4) is 0 Å². The van der Waals surface area contributed by atoms with Gasteiger partial charge >= 0.3 is 0 Å². The van der Waals surface area contributed by atoms with Gasteiger partial charge in [0.05, 0.1) is 0 Å². The van der Waals surface area contributed by atoms with Crippen molar-refractivity contribution in [1.82, 2.24) is 0 Å². The van der Waals surface area contributed by atoms with E-state index in [9.17, 15) is 0 Å². The molecule has 0 radical (unpaired) electrons. The van der Waals surface area contributed by atoms with E-state index in [1.54, 1.807) is 7.11 Å². The lowest BCUT2D eigenvalue weighted by Crippen LogP contribution is -2.14. The van der Waals surface area contributed by atoms with Gasteiger partial charge in [-0.1, -0.05) is 34.1 Å². The molecular formula is C11H24O. The molecule has 0 saturated heterocycles. The fourth-order valence-electron chi connectivity index (χ4n) is 1.62. The van der Waals surface area contributed by atoms with E-state index in [1.165, 1.54) is 12.8 Å². The third-order valence-electron chi connectivity index (χ3n) is 2.84. The van der Waals surface area contributed by atoms with Crippen molar-refractivity contribution in [3.8, 4) is 0 Å². The van der Waals surface area contributed by atoms with Crippen LogP contribution < -0.4 is 0 Å². The Morgan fingerprint density at radius 2 is 1.67 bits per heavy atom. The summed E-state index contributed by atoms with van der Waals surface area (Å²) in [5.41, 5.74) is 0. The molecule has 0 amide bonds. The molecule has 0 aliphatic heterocycles. The Hall–Kier alpha value is -0.0400. The molecule has 0 aliphatic rings. The summed E-state index contributed by atoms with van der Waals surface area (Å²) in [6.45, 7) is 10.1. The van der Waals surface area contributed by atoms with Gasteiger partial charge in [0.2, 0.25) is 0 Å². The first-order valence-electron chi connectivity index (χ1n) is 5.10. The summed E-state index contributed by atoms with van der Waals surface area (Å²) in [5, 5.41) is 0. The molecule has 0 aromatic carbocycles. The van der Waals surface area contributed by atoms with Crippen molar-refractivity contribution in [2.24, 2.45) is 17.8 Å². The lowest BCUT2D eigenvalue weighted by molar-refractivity contribution is 0.140. The van der Waals surface area contributed by atoms with Gasteiger partial charge in [0.15, 0.2) is 0 Å². The summed E-state index contributed by atoms with van der Waals surface area (Å²) < 4.78 is 5.12. The van der Waals surface area contributed by atoms with Crippen LogP contribution in [0.15, 0.2) is 0 Å². The van der Waals surface area contributed by atoms with Crippen LogP contribution in [0.25, 0.3) is 0 Å². The zero-order valence-corrected chi connectivity index (χ0v) is 9.26. The predicted octanol–water partition coefficient (Wildman–Crippen LogP) is 3.34. The van der Waals surface area contributed by atoms with Crippen LogP contribution in [0.2, 0.25) is 0 Å². The Kier molecular flexibility index (Phi) is 6.45. The van der Waals surface area contributed by atoms with Gasteiger partial charge in [-0.05, 0) is 24.2 Å². The Balaban J connectivity index is 3.59. The van der Waals surface area contributed by atoms with E-state index in [1.807, 2.05) is 0 Å². The van der Waals surface area contributed by atoms with Crippen molar-refractivity contribution in [2.45, 2.75) is 40.5 Å². The maximum Gasteiger partial charge on any atom is 0.0487 e. The highest BCUT2D eigenvalue weighted by Gasteiger charge is 2.13. The molecule has 74 valence electrons. The van der Waals surface area contributed by atoms with Crippen LogP contribution in [-0.2, 0) is 4.74 Å². The first-order chi connectivity index (χ1) is 5.61. The topological polar surface area (TPSA) is 9.23 Å². The zero-order chi connectivity index (χ0) is 9.56. The van der Waals surface area contributed by atoms with Crippen molar-refractivity contribution in [3.05, 3.63) is 0 Å². The van der Waals surface area contributed by atoms with Gasteiger partial charge in [0, 0.05) is 13.7 Å². The molecule has 0 fully saturated rings. The smallest absolute Gasteiger partial charge is 0.0487 e. The minimum absolute atomic E-state index is 0.707. The van der Waals surface area contributed by atoms with E-state index >= 15 is 0 Å². The molecule has 0 aromatic rings. The van der Waals surface area contributed by atoms with Crippen LogP contribution in [0.4, 0.5) is 0 Å². The minimum atomic E-state index is 0.707. The summed E-state index contributed by atoms with van der Waals surface area (Å²) in [6, 6.07) is 0. The second kappa shape index (κ2) is 6.47. The van der Waals surface area contributed by atoms with Gasteiger partial charge in [-0.15, -0.1) is 0 Å². The zero-order valence-electron chi connectivity index (χ0n) is 9.26. The van der Waals surface area contributed by atoms with Crippen molar-refractivity contribution in [3.63, 3.8) is 0 Å². The molecule has 0 aliphatic carbocycles. The largest absolute Gasteiger partial charge is 0.384 e. The fourth-order valence-corrected chi connectivity index (χ4v) is 1.62. The average molecular weight is 172 g/mol. The first-order valence-corrected chi connectivity index (χ1v) is 5.10. The Bertz CT molecular complexity index is 101. The highest BCUT2D eigenvalue weighted by Crippen LogP contribution is 2.22. The summed E-state index contributed by atoms with van der Waals surface area (Å²) >= 11 is 0. The molecular weight excluding hydrogens is 148 g/mol. The van der Waals surface area contributed by atoms with Crippen LogP contribution in [0, 0.1) is 17.8 Å². The van der Waals surface area contributed by atoms with Gasteiger partial charge in [0.1, 0.15) is 0 Å². The van der Waals surface area contributed by atoms with Crippen molar-refractivity contribution < 1.29 is 4.74 Å². The van der Waals surface area contributed by atoms with Gasteiger partial charge in [-0.3, -0.25) is 0 Å². The highest BCUT2D eigenvalue weighted by atomic mass is 16.5. The van der Waals surface area contributed by atoms with E-state index in [-0.39, 0.29) is 0 Å². The standard InChI is InChI=1S/C11H24O/c1-6-10(3)11(4)7-9(2)8-12-5/h9-11H,6-8H2,1-5H3. The summed E-state index contributed by atoms with van der Waals surface area (Å²) in [5.74, 6) is 2.39. The number of methoxy groups -OCH3 is 1. The molecule has 0 spiro atoms. The van der Waals surface area contributed by atoms with E-state index in [2.05, 4.69) is 27.7 Å². The Morgan fingerprint density at radius 1 is 1.08 bits per heavy atom. The van der Waals surface area contributed by atoms with Crippen LogP contribution in [-0.4, -0.2) is 13.7 Å². The van der Waals surface area contributed by atoms with Crippen LogP contribution in [0.1, 0.15) is 40.5 Å². The second-order valence-electron chi connectivity index (χ2n) is 4.16. The van der Waals surface area contributed by atoms with Crippen molar-refractivity contribution in [2.75, 3.05) is 13.7 Å². The number of rotatable bonds is 6. The quantitative estimate of drug-likeness (QED) is 0.597. The average Bonchev–Trinajstić information content (AvgIpc) is 2.03. The molecule has 1 nitrogen and oxygen atoms in total.